The predicted molar refractivity (Wildman–Crippen MR) is 202 cm³/mol. The van der Waals surface area contributed by atoms with E-state index in [0.717, 1.165) is 18.4 Å². The molecule has 1 fully saturated rings. The van der Waals surface area contributed by atoms with Crippen LogP contribution in [0.3, 0.4) is 0 Å². The summed E-state index contributed by atoms with van der Waals surface area (Å²) in [5.74, 6) is -2.31. The maximum atomic E-state index is 14.2. The Labute approximate surface area is 311 Å². The van der Waals surface area contributed by atoms with Crippen LogP contribution in [0, 0.1) is 17.8 Å². The number of hydrogen-bond donors (Lipinski definition) is 4. The SMILES string of the molecule is CC[C@H](C)[C@@H]([C@@H](CC(=O)N1CCC[C@H]1[C@H](OC)[C@@H](C)C(=O)N[C@@H](Cc1ccccc1)C(N)=O)OC)N(C)C(=O)[C@H](CC(C)C)NC(=O)C(C)(C)NC. The third kappa shape index (κ3) is 12.0. The van der Waals surface area contributed by atoms with Gasteiger partial charge in [0.2, 0.25) is 29.5 Å². The van der Waals surface area contributed by atoms with Crippen molar-refractivity contribution in [2.24, 2.45) is 23.5 Å². The fraction of sp³-hybridized carbons (Fsp3) is 0.718. The van der Waals surface area contributed by atoms with Crippen molar-refractivity contribution in [1.82, 2.24) is 25.8 Å². The number of nitrogens with one attached hydrogen (secondary N) is 3. The van der Waals surface area contributed by atoms with Crippen LogP contribution in [-0.4, -0.2) is 116 Å². The molecule has 0 spiro atoms. The van der Waals surface area contributed by atoms with Gasteiger partial charge in [0.15, 0.2) is 0 Å². The summed E-state index contributed by atoms with van der Waals surface area (Å²) in [5.41, 5.74) is 5.66. The Hall–Kier alpha value is -3.55. The Balaban J connectivity index is 2.27. The molecule has 52 heavy (non-hydrogen) atoms. The van der Waals surface area contributed by atoms with E-state index >= 15 is 0 Å². The lowest BCUT2D eigenvalue weighted by molar-refractivity contribution is -0.147. The van der Waals surface area contributed by atoms with E-state index in [1.807, 2.05) is 58.0 Å². The summed E-state index contributed by atoms with van der Waals surface area (Å²) in [5, 5.41) is 8.77. The molecule has 1 saturated heterocycles. The van der Waals surface area contributed by atoms with Gasteiger partial charge in [0.05, 0.1) is 42.2 Å². The number of methoxy groups -OCH3 is 2. The predicted octanol–water partition coefficient (Wildman–Crippen LogP) is 2.65. The van der Waals surface area contributed by atoms with Gasteiger partial charge in [-0.1, -0.05) is 71.4 Å². The summed E-state index contributed by atoms with van der Waals surface area (Å²) in [4.78, 5) is 70.6. The van der Waals surface area contributed by atoms with Gasteiger partial charge in [-0.2, -0.15) is 0 Å². The minimum Gasteiger partial charge on any atom is -0.379 e. The molecule has 8 atom stereocenters. The lowest BCUT2D eigenvalue weighted by Gasteiger charge is -2.40. The first-order chi connectivity index (χ1) is 24.4. The Morgan fingerprint density at radius 1 is 1.00 bits per heavy atom. The molecule has 13 heteroatoms. The Kier molecular flexibility index (Phi) is 17.7. The van der Waals surface area contributed by atoms with Crippen molar-refractivity contribution in [2.45, 2.75) is 129 Å². The van der Waals surface area contributed by atoms with Gasteiger partial charge in [0.1, 0.15) is 12.1 Å². The maximum Gasteiger partial charge on any atom is 0.245 e. The van der Waals surface area contributed by atoms with Crippen molar-refractivity contribution in [3.63, 3.8) is 0 Å². The molecular weight excluding hydrogens is 664 g/mol. The molecule has 0 aliphatic carbocycles. The fourth-order valence-electron chi connectivity index (χ4n) is 7.07. The quantitative estimate of drug-likeness (QED) is 0.150. The number of primary amides is 1. The Morgan fingerprint density at radius 3 is 2.15 bits per heavy atom. The molecule has 0 unspecified atom stereocenters. The number of hydrogen-bond acceptors (Lipinski definition) is 8. The normalized spacial score (nSPS) is 18.8. The van der Waals surface area contributed by atoms with Gasteiger partial charge in [-0.15, -0.1) is 0 Å². The zero-order chi connectivity index (χ0) is 39.3. The van der Waals surface area contributed by atoms with Gasteiger partial charge in [0, 0.05) is 34.2 Å². The van der Waals surface area contributed by atoms with Crippen molar-refractivity contribution >= 4 is 29.5 Å². The van der Waals surface area contributed by atoms with Crippen LogP contribution in [0.15, 0.2) is 30.3 Å². The first kappa shape index (κ1) is 44.6. The zero-order valence-electron chi connectivity index (χ0n) is 33.4. The van der Waals surface area contributed by atoms with E-state index in [2.05, 4.69) is 16.0 Å². The van der Waals surface area contributed by atoms with E-state index in [1.165, 1.54) is 7.11 Å². The number of amides is 5. The van der Waals surface area contributed by atoms with Gasteiger partial charge < -0.3 is 41.0 Å². The molecule has 1 aliphatic rings. The monoisotopic (exact) mass is 730 g/mol. The van der Waals surface area contributed by atoms with E-state index in [-0.39, 0.29) is 48.4 Å². The van der Waals surface area contributed by atoms with Crippen LogP contribution in [-0.2, 0) is 39.9 Å². The number of carbonyl (C=O) groups is 5. The second kappa shape index (κ2) is 20.6. The number of likely N-dealkylation sites (N-methyl/N-ethyl adjacent to an activating group) is 2. The van der Waals surface area contributed by atoms with E-state index in [0.29, 0.717) is 19.4 Å². The third-order valence-electron chi connectivity index (χ3n) is 10.7. The van der Waals surface area contributed by atoms with Crippen molar-refractivity contribution in [2.75, 3.05) is 34.9 Å². The summed E-state index contributed by atoms with van der Waals surface area (Å²) in [6, 6.07) is 6.80. The molecule has 1 aliphatic heterocycles. The number of ether oxygens (including phenoxy) is 2. The van der Waals surface area contributed by atoms with Crippen molar-refractivity contribution < 1.29 is 33.4 Å². The average Bonchev–Trinajstić information content (AvgIpc) is 3.60. The van der Waals surface area contributed by atoms with E-state index in [9.17, 15) is 24.0 Å². The molecule has 5 amide bonds. The van der Waals surface area contributed by atoms with Crippen LogP contribution < -0.4 is 21.7 Å². The highest BCUT2D eigenvalue weighted by atomic mass is 16.5. The number of benzene rings is 1. The van der Waals surface area contributed by atoms with Crippen LogP contribution in [0.2, 0.25) is 0 Å². The van der Waals surface area contributed by atoms with Crippen LogP contribution >= 0.6 is 0 Å². The second-order valence-electron chi connectivity index (χ2n) is 15.3. The molecule has 2 rings (SSSR count). The topological polar surface area (TPSA) is 172 Å². The summed E-state index contributed by atoms with van der Waals surface area (Å²) in [6.07, 6.45) is 1.52. The summed E-state index contributed by atoms with van der Waals surface area (Å²) >= 11 is 0. The van der Waals surface area contributed by atoms with Gasteiger partial charge in [-0.25, -0.2) is 0 Å². The van der Waals surface area contributed by atoms with Gasteiger partial charge in [-0.3, -0.25) is 24.0 Å². The highest BCUT2D eigenvalue weighted by Gasteiger charge is 2.43. The molecule has 294 valence electrons. The number of likely N-dealkylation sites (tertiary alicyclic amines) is 1. The average molecular weight is 731 g/mol. The smallest absolute Gasteiger partial charge is 0.245 e. The molecule has 0 bridgehead atoms. The first-order valence-corrected chi connectivity index (χ1v) is 18.7. The van der Waals surface area contributed by atoms with E-state index in [1.54, 1.807) is 51.8 Å². The number of nitrogens with zero attached hydrogens (tertiary/aromatic N) is 2. The largest absolute Gasteiger partial charge is 0.379 e. The van der Waals surface area contributed by atoms with Gasteiger partial charge in [0.25, 0.3) is 0 Å². The van der Waals surface area contributed by atoms with Crippen LogP contribution in [0.1, 0.15) is 86.1 Å². The number of carbonyl (C=O) groups excluding carboxylic acids is 5. The molecule has 0 aromatic heterocycles. The standard InChI is InChI=1S/C39H66N6O7/c1-12-25(4)33(44(9)37(49)29(21-24(2)3)43-38(50)39(6,7)41-8)31(51-10)23-32(46)45-20-16-19-30(45)34(52-11)26(5)36(48)42-28(35(40)47)22-27-17-14-13-15-18-27/h13-15,17-18,24-26,28-31,33-34,41H,12,16,19-23H2,1-11H3,(H2,40,47)(H,42,48)(H,43,50)/t25-,26+,28-,29-,30-,31+,33-,34+/m0/s1. The minimum atomic E-state index is -0.904. The molecular formula is C39H66N6O7. The highest BCUT2D eigenvalue weighted by Crippen LogP contribution is 2.30. The number of rotatable bonds is 21. The summed E-state index contributed by atoms with van der Waals surface area (Å²) in [6.45, 7) is 13.8. The van der Waals surface area contributed by atoms with Gasteiger partial charge >= 0.3 is 0 Å². The van der Waals surface area contributed by atoms with Crippen LogP contribution in [0.25, 0.3) is 0 Å². The molecule has 1 heterocycles. The van der Waals surface area contributed by atoms with E-state index in [4.69, 9.17) is 15.2 Å². The molecule has 5 N–H and O–H groups in total. The molecule has 0 saturated carbocycles. The van der Waals surface area contributed by atoms with Crippen molar-refractivity contribution in [1.29, 1.82) is 0 Å². The molecule has 1 aromatic rings. The van der Waals surface area contributed by atoms with Crippen LogP contribution in [0.4, 0.5) is 0 Å². The molecule has 1 aromatic carbocycles. The summed E-state index contributed by atoms with van der Waals surface area (Å²) in [7, 11) is 6.48. The Bertz CT molecular complexity index is 1330. The van der Waals surface area contributed by atoms with Crippen LogP contribution in [0.5, 0.6) is 0 Å². The van der Waals surface area contributed by atoms with E-state index < -0.39 is 53.6 Å². The third-order valence-corrected chi connectivity index (χ3v) is 10.7. The van der Waals surface area contributed by atoms with Crippen molar-refractivity contribution in [3.05, 3.63) is 35.9 Å². The number of nitrogens with two attached hydrogens (primary N) is 1. The zero-order valence-corrected chi connectivity index (χ0v) is 33.4. The molecule has 13 nitrogen and oxygen atoms in total. The molecule has 0 radical (unpaired) electrons. The second-order valence-corrected chi connectivity index (χ2v) is 15.3. The summed E-state index contributed by atoms with van der Waals surface area (Å²) < 4.78 is 11.9. The lowest BCUT2D eigenvalue weighted by Crippen LogP contribution is -2.60. The Morgan fingerprint density at radius 2 is 1.63 bits per heavy atom. The maximum absolute atomic E-state index is 14.2. The fourth-order valence-corrected chi connectivity index (χ4v) is 7.07. The lowest BCUT2D eigenvalue weighted by atomic mass is 9.89. The first-order valence-electron chi connectivity index (χ1n) is 18.7. The van der Waals surface area contributed by atoms with Gasteiger partial charge in [-0.05, 0) is 57.6 Å². The minimum absolute atomic E-state index is 0.00541. The van der Waals surface area contributed by atoms with Crippen molar-refractivity contribution in [3.8, 4) is 0 Å². The highest BCUT2D eigenvalue weighted by molar-refractivity contribution is 5.92.